The Kier molecular flexibility index (Phi) is 4.66. The monoisotopic (exact) mass is 380 g/mol. The predicted molar refractivity (Wildman–Crippen MR) is 107 cm³/mol. The van der Waals surface area contributed by atoms with Gasteiger partial charge in [0.15, 0.2) is 11.0 Å². The molecule has 0 unspecified atom stereocenters. The molecule has 2 heterocycles. The zero-order chi connectivity index (χ0) is 18.1. The lowest BCUT2D eigenvalue weighted by molar-refractivity contribution is 0.793. The summed E-state index contributed by atoms with van der Waals surface area (Å²) in [5, 5.41) is 11.2. The van der Waals surface area contributed by atoms with Crippen molar-refractivity contribution in [3.63, 3.8) is 0 Å². The first-order chi connectivity index (χ1) is 12.6. The van der Waals surface area contributed by atoms with Crippen molar-refractivity contribution in [2.75, 3.05) is 0 Å². The quantitative estimate of drug-likeness (QED) is 0.356. The van der Waals surface area contributed by atoms with E-state index in [2.05, 4.69) is 40.3 Å². The van der Waals surface area contributed by atoms with Crippen molar-refractivity contribution in [1.29, 1.82) is 0 Å². The van der Waals surface area contributed by atoms with E-state index in [-0.39, 0.29) is 0 Å². The number of rotatable bonds is 4. The van der Waals surface area contributed by atoms with Crippen LogP contribution in [0.25, 0.3) is 22.3 Å². The van der Waals surface area contributed by atoms with Crippen molar-refractivity contribution in [1.82, 2.24) is 19.7 Å². The zero-order valence-electron chi connectivity index (χ0n) is 14.5. The third-order valence-corrected chi connectivity index (χ3v) is 5.72. The molecule has 0 aliphatic carbocycles. The second kappa shape index (κ2) is 7.09. The van der Waals surface area contributed by atoms with Crippen LogP contribution in [0.4, 0.5) is 0 Å². The number of thioether (sulfide) groups is 1. The molecule has 2 aromatic carbocycles. The number of aryl methyl sites for hydroxylation is 1. The molecule has 0 saturated carbocycles. The largest absolute Gasteiger partial charge is 0.305 e. The first-order valence-corrected chi connectivity index (χ1v) is 9.62. The average Bonchev–Trinajstić information content (AvgIpc) is 3.01. The Bertz CT molecular complexity index is 1090. The van der Waals surface area contributed by atoms with Crippen molar-refractivity contribution in [2.45, 2.75) is 17.8 Å². The minimum absolute atomic E-state index is 0.539. The van der Waals surface area contributed by atoms with Crippen LogP contribution in [0.1, 0.15) is 11.1 Å². The third kappa shape index (κ3) is 3.20. The number of nitrogens with zero attached hydrogens (tertiary/aromatic N) is 4. The third-order valence-electron chi connectivity index (χ3n) is 4.33. The molecule has 0 N–H and O–H groups in total. The van der Waals surface area contributed by atoms with Crippen LogP contribution in [0.5, 0.6) is 0 Å². The number of hydrogen-bond acceptors (Lipinski definition) is 4. The van der Waals surface area contributed by atoms with E-state index in [9.17, 15) is 0 Å². The van der Waals surface area contributed by atoms with Gasteiger partial charge in [-0.1, -0.05) is 65.8 Å². The van der Waals surface area contributed by atoms with Gasteiger partial charge in [-0.3, -0.25) is 0 Å². The van der Waals surface area contributed by atoms with Crippen LogP contribution in [0.2, 0.25) is 5.15 Å². The van der Waals surface area contributed by atoms with Crippen LogP contribution < -0.4 is 0 Å². The Balaban J connectivity index is 1.60. The Morgan fingerprint density at radius 2 is 1.81 bits per heavy atom. The molecule has 4 aromatic rings. The molecule has 0 saturated heterocycles. The topological polar surface area (TPSA) is 43.6 Å². The lowest BCUT2D eigenvalue weighted by Crippen LogP contribution is -1.97. The lowest BCUT2D eigenvalue weighted by atomic mass is 10.1. The maximum atomic E-state index is 6.36. The van der Waals surface area contributed by atoms with Crippen LogP contribution in [0, 0.1) is 6.92 Å². The summed E-state index contributed by atoms with van der Waals surface area (Å²) in [6.07, 6.45) is 0. The van der Waals surface area contributed by atoms with E-state index >= 15 is 0 Å². The molecule has 0 aliphatic heterocycles. The molecule has 2 aromatic heterocycles. The first kappa shape index (κ1) is 17.1. The van der Waals surface area contributed by atoms with Gasteiger partial charge >= 0.3 is 0 Å². The molecule has 0 fully saturated rings. The molecule has 0 atom stereocenters. The molecule has 4 nitrogen and oxygen atoms in total. The SMILES string of the molecule is Cc1ccccc1-c1nnc(SCc2cc3ccccc3nc2Cl)n1C. The average molecular weight is 381 g/mol. The molecule has 0 radical (unpaired) electrons. The minimum atomic E-state index is 0.539. The number of para-hydroxylation sites is 1. The number of halogens is 1. The highest BCUT2D eigenvalue weighted by Crippen LogP contribution is 2.29. The summed E-state index contributed by atoms with van der Waals surface area (Å²) >= 11 is 7.97. The summed E-state index contributed by atoms with van der Waals surface area (Å²) in [4.78, 5) is 4.48. The second-order valence-electron chi connectivity index (χ2n) is 6.10. The summed E-state index contributed by atoms with van der Waals surface area (Å²) in [6.45, 7) is 2.08. The van der Waals surface area contributed by atoms with Gasteiger partial charge in [-0.25, -0.2) is 4.98 Å². The highest BCUT2D eigenvalue weighted by Gasteiger charge is 2.14. The van der Waals surface area contributed by atoms with Crippen molar-refractivity contribution in [3.05, 3.63) is 70.9 Å². The van der Waals surface area contributed by atoms with Gasteiger partial charge in [-0.05, 0) is 24.6 Å². The molecule has 130 valence electrons. The highest BCUT2D eigenvalue weighted by molar-refractivity contribution is 7.98. The lowest BCUT2D eigenvalue weighted by Gasteiger charge is -2.07. The number of pyridine rings is 1. The van der Waals surface area contributed by atoms with Crippen molar-refractivity contribution in [3.8, 4) is 11.4 Å². The van der Waals surface area contributed by atoms with E-state index in [4.69, 9.17) is 11.6 Å². The number of fused-ring (bicyclic) bond motifs is 1. The van der Waals surface area contributed by atoms with Gasteiger partial charge in [0.1, 0.15) is 5.15 Å². The normalized spacial score (nSPS) is 11.2. The number of benzene rings is 2. The molecule has 4 rings (SSSR count). The van der Waals surface area contributed by atoms with E-state index < -0.39 is 0 Å². The molecule has 26 heavy (non-hydrogen) atoms. The fourth-order valence-corrected chi connectivity index (χ4v) is 4.05. The van der Waals surface area contributed by atoms with Gasteiger partial charge in [0.05, 0.1) is 5.52 Å². The van der Waals surface area contributed by atoms with E-state index in [1.54, 1.807) is 11.8 Å². The summed E-state index contributed by atoms with van der Waals surface area (Å²) in [5.74, 6) is 1.56. The van der Waals surface area contributed by atoms with Crippen LogP contribution in [-0.2, 0) is 12.8 Å². The van der Waals surface area contributed by atoms with Crippen molar-refractivity contribution >= 4 is 34.3 Å². The smallest absolute Gasteiger partial charge is 0.191 e. The van der Waals surface area contributed by atoms with E-state index in [0.29, 0.717) is 10.9 Å². The van der Waals surface area contributed by atoms with Crippen LogP contribution in [-0.4, -0.2) is 19.7 Å². The molecule has 0 aliphatic rings. The number of aromatic nitrogens is 4. The van der Waals surface area contributed by atoms with Crippen LogP contribution >= 0.6 is 23.4 Å². The predicted octanol–water partition coefficient (Wildman–Crippen LogP) is 5.28. The van der Waals surface area contributed by atoms with Gasteiger partial charge in [-0.2, -0.15) is 0 Å². The fraction of sp³-hybridized carbons (Fsp3) is 0.150. The number of hydrogen-bond donors (Lipinski definition) is 0. The maximum absolute atomic E-state index is 6.36. The van der Waals surface area contributed by atoms with Gasteiger partial charge in [0, 0.05) is 29.3 Å². The molecular weight excluding hydrogens is 364 g/mol. The molecule has 0 bridgehead atoms. The summed E-state index contributed by atoms with van der Waals surface area (Å²) < 4.78 is 2.02. The summed E-state index contributed by atoms with van der Waals surface area (Å²) in [6, 6.07) is 18.3. The van der Waals surface area contributed by atoms with Crippen LogP contribution in [0.3, 0.4) is 0 Å². The van der Waals surface area contributed by atoms with E-state index in [0.717, 1.165) is 33.0 Å². The molecular formula is C20H17ClN4S. The van der Waals surface area contributed by atoms with E-state index in [1.807, 2.05) is 48.0 Å². The van der Waals surface area contributed by atoms with Gasteiger partial charge < -0.3 is 4.57 Å². The molecule has 0 spiro atoms. The van der Waals surface area contributed by atoms with Crippen molar-refractivity contribution in [2.24, 2.45) is 7.05 Å². The molecule has 6 heteroatoms. The molecule has 0 amide bonds. The Morgan fingerprint density at radius 1 is 1.04 bits per heavy atom. The van der Waals surface area contributed by atoms with Gasteiger partial charge in [0.2, 0.25) is 0 Å². The van der Waals surface area contributed by atoms with Gasteiger partial charge in [-0.15, -0.1) is 10.2 Å². The first-order valence-electron chi connectivity index (χ1n) is 8.26. The Morgan fingerprint density at radius 3 is 2.65 bits per heavy atom. The second-order valence-corrected chi connectivity index (χ2v) is 7.40. The zero-order valence-corrected chi connectivity index (χ0v) is 16.1. The fourth-order valence-electron chi connectivity index (χ4n) is 2.88. The standard InChI is InChI=1S/C20H17ClN4S/c1-13-7-3-5-9-16(13)19-23-24-20(25(19)2)26-12-15-11-14-8-4-6-10-17(14)22-18(15)21/h3-11H,12H2,1-2H3. The highest BCUT2D eigenvalue weighted by atomic mass is 35.5. The minimum Gasteiger partial charge on any atom is -0.305 e. The summed E-state index contributed by atoms with van der Waals surface area (Å²) in [5.41, 5.74) is 4.18. The Labute approximate surface area is 161 Å². The summed E-state index contributed by atoms with van der Waals surface area (Å²) in [7, 11) is 1.99. The van der Waals surface area contributed by atoms with Gasteiger partial charge in [0.25, 0.3) is 0 Å². The Hall–Kier alpha value is -2.37. The van der Waals surface area contributed by atoms with E-state index in [1.165, 1.54) is 5.56 Å². The van der Waals surface area contributed by atoms with Crippen molar-refractivity contribution < 1.29 is 0 Å². The van der Waals surface area contributed by atoms with Crippen LogP contribution in [0.15, 0.2) is 59.8 Å². The maximum Gasteiger partial charge on any atom is 0.191 e.